The lowest BCUT2D eigenvalue weighted by molar-refractivity contribution is -0.153. The van der Waals surface area contributed by atoms with Crippen molar-refractivity contribution in [3.8, 4) is 0 Å². The first-order valence-corrected chi connectivity index (χ1v) is 5.85. The molecular formula is C14H14O3. The van der Waals surface area contributed by atoms with Gasteiger partial charge in [0.2, 0.25) is 0 Å². The Hall–Kier alpha value is -1.45. The van der Waals surface area contributed by atoms with Crippen molar-refractivity contribution in [3.05, 3.63) is 48.0 Å². The van der Waals surface area contributed by atoms with Gasteiger partial charge in [-0.05, 0) is 5.56 Å². The van der Waals surface area contributed by atoms with Crippen molar-refractivity contribution >= 4 is 5.78 Å². The van der Waals surface area contributed by atoms with Crippen LogP contribution in [-0.4, -0.2) is 24.1 Å². The molecule has 88 valence electrons. The van der Waals surface area contributed by atoms with Crippen LogP contribution in [0, 0.1) is 0 Å². The number of rotatable bonds is 3. The van der Waals surface area contributed by atoms with Crippen LogP contribution in [0.3, 0.4) is 0 Å². The highest BCUT2D eigenvalue weighted by molar-refractivity contribution is 5.86. The molecule has 0 spiro atoms. The first-order chi connectivity index (χ1) is 8.33. The van der Waals surface area contributed by atoms with E-state index in [4.69, 9.17) is 9.47 Å². The molecule has 2 bridgehead atoms. The summed E-state index contributed by atoms with van der Waals surface area (Å²) in [6, 6.07) is 9.86. The highest BCUT2D eigenvalue weighted by Gasteiger charge is 2.39. The van der Waals surface area contributed by atoms with Gasteiger partial charge in [0.05, 0.1) is 12.7 Å². The number of carbonyl (C=O) groups excluding carboxylic acids is 1. The summed E-state index contributed by atoms with van der Waals surface area (Å²) in [6.45, 7) is 0.454. The number of hydrogen-bond donors (Lipinski definition) is 0. The highest BCUT2D eigenvalue weighted by Crippen LogP contribution is 2.27. The van der Waals surface area contributed by atoms with Crippen LogP contribution in [0.15, 0.2) is 42.5 Å². The van der Waals surface area contributed by atoms with Gasteiger partial charge in [-0.3, -0.25) is 4.79 Å². The second kappa shape index (κ2) is 4.43. The maximum atomic E-state index is 11.8. The van der Waals surface area contributed by atoms with Gasteiger partial charge in [0, 0.05) is 6.42 Å². The Kier molecular flexibility index (Phi) is 2.79. The zero-order valence-corrected chi connectivity index (χ0v) is 9.41. The molecule has 0 aromatic heterocycles. The third-order valence-electron chi connectivity index (χ3n) is 3.14. The fourth-order valence-electron chi connectivity index (χ4n) is 2.26. The molecule has 0 N–H and O–H groups in total. The molecule has 2 aliphatic rings. The third-order valence-corrected chi connectivity index (χ3v) is 3.14. The molecule has 1 aromatic rings. The molecule has 0 aliphatic carbocycles. The first-order valence-electron chi connectivity index (χ1n) is 5.85. The first kappa shape index (κ1) is 10.7. The third kappa shape index (κ3) is 2.16. The predicted molar refractivity (Wildman–Crippen MR) is 62.4 cm³/mol. The van der Waals surface area contributed by atoms with Gasteiger partial charge < -0.3 is 9.47 Å². The molecule has 0 unspecified atom stereocenters. The molecule has 3 atom stereocenters. The fraction of sp³-hybridized carbons (Fsp3) is 0.357. The lowest BCUT2D eigenvalue weighted by Crippen LogP contribution is -2.42. The molecule has 1 aromatic carbocycles. The minimum Gasteiger partial charge on any atom is -0.363 e. The summed E-state index contributed by atoms with van der Waals surface area (Å²) in [5.74, 6) is 0.146. The van der Waals surface area contributed by atoms with E-state index in [1.807, 2.05) is 42.5 Å². The summed E-state index contributed by atoms with van der Waals surface area (Å²) < 4.78 is 11.3. The molecule has 2 heterocycles. The Morgan fingerprint density at radius 2 is 2.06 bits per heavy atom. The van der Waals surface area contributed by atoms with E-state index in [0.717, 1.165) is 5.56 Å². The zero-order valence-electron chi connectivity index (χ0n) is 9.41. The van der Waals surface area contributed by atoms with E-state index in [2.05, 4.69) is 0 Å². The largest absolute Gasteiger partial charge is 0.363 e. The molecule has 3 nitrogen and oxygen atoms in total. The number of benzene rings is 1. The van der Waals surface area contributed by atoms with Gasteiger partial charge in [0.1, 0.15) is 12.2 Å². The Morgan fingerprint density at radius 3 is 2.88 bits per heavy atom. The van der Waals surface area contributed by atoms with E-state index < -0.39 is 6.10 Å². The van der Waals surface area contributed by atoms with E-state index in [1.54, 1.807) is 0 Å². The number of hydrogen-bond acceptors (Lipinski definition) is 3. The van der Waals surface area contributed by atoms with Crippen LogP contribution in [-0.2, 0) is 20.9 Å². The van der Waals surface area contributed by atoms with Crippen LogP contribution in [0.1, 0.15) is 12.0 Å². The summed E-state index contributed by atoms with van der Waals surface area (Å²) in [6.07, 6.45) is 3.67. The Labute approximate surface area is 100 Å². The highest BCUT2D eigenvalue weighted by atomic mass is 16.6. The molecular weight excluding hydrogens is 216 g/mol. The van der Waals surface area contributed by atoms with Crippen LogP contribution in [0.4, 0.5) is 0 Å². The molecule has 1 fully saturated rings. The van der Waals surface area contributed by atoms with E-state index in [-0.39, 0.29) is 18.0 Å². The van der Waals surface area contributed by atoms with Gasteiger partial charge >= 0.3 is 0 Å². The SMILES string of the molecule is O=C1C[C@H]2C=C[C@H](O2)[C@@H]1OCc1ccccc1. The van der Waals surface area contributed by atoms with Gasteiger partial charge in [-0.25, -0.2) is 0 Å². The second-order valence-electron chi connectivity index (χ2n) is 4.41. The van der Waals surface area contributed by atoms with Crippen molar-refractivity contribution in [2.45, 2.75) is 31.3 Å². The molecule has 0 amide bonds. The lowest BCUT2D eigenvalue weighted by atomic mass is 10.0. The molecule has 2 aliphatic heterocycles. The van der Waals surface area contributed by atoms with Gasteiger partial charge in [0.15, 0.2) is 5.78 Å². The Balaban J connectivity index is 1.65. The summed E-state index contributed by atoms with van der Waals surface area (Å²) in [5.41, 5.74) is 1.07. The quantitative estimate of drug-likeness (QED) is 0.744. The number of fused-ring (bicyclic) bond motifs is 2. The summed E-state index contributed by atoms with van der Waals surface area (Å²) in [7, 11) is 0. The number of carbonyl (C=O) groups is 1. The van der Waals surface area contributed by atoms with Crippen molar-refractivity contribution in [1.82, 2.24) is 0 Å². The lowest BCUT2D eigenvalue weighted by Gasteiger charge is -2.28. The molecule has 0 radical (unpaired) electrons. The number of Topliss-reactive ketones (excluding diaryl/α,β-unsaturated/α-hetero) is 1. The van der Waals surface area contributed by atoms with Crippen molar-refractivity contribution in [2.24, 2.45) is 0 Å². The normalized spacial score (nSPS) is 30.8. The van der Waals surface area contributed by atoms with Crippen LogP contribution in [0.2, 0.25) is 0 Å². The van der Waals surface area contributed by atoms with Crippen molar-refractivity contribution in [3.63, 3.8) is 0 Å². The monoisotopic (exact) mass is 230 g/mol. The average molecular weight is 230 g/mol. The molecule has 3 rings (SSSR count). The number of ketones is 1. The minimum atomic E-state index is -0.440. The minimum absolute atomic E-state index is 0.0240. The van der Waals surface area contributed by atoms with Crippen LogP contribution < -0.4 is 0 Å². The maximum Gasteiger partial charge on any atom is 0.167 e. The molecule has 3 heteroatoms. The number of ether oxygens (including phenoxy) is 2. The summed E-state index contributed by atoms with van der Waals surface area (Å²) in [5, 5.41) is 0. The van der Waals surface area contributed by atoms with Crippen LogP contribution in [0.25, 0.3) is 0 Å². The van der Waals surface area contributed by atoms with Crippen LogP contribution in [0.5, 0.6) is 0 Å². The van der Waals surface area contributed by atoms with E-state index in [1.165, 1.54) is 0 Å². The summed E-state index contributed by atoms with van der Waals surface area (Å²) in [4.78, 5) is 11.8. The van der Waals surface area contributed by atoms with E-state index in [9.17, 15) is 4.79 Å². The predicted octanol–water partition coefficient (Wildman–Crippen LogP) is 1.87. The topological polar surface area (TPSA) is 35.5 Å². The zero-order chi connectivity index (χ0) is 11.7. The molecule has 1 saturated heterocycles. The fourth-order valence-corrected chi connectivity index (χ4v) is 2.26. The molecule has 17 heavy (non-hydrogen) atoms. The van der Waals surface area contributed by atoms with Crippen LogP contribution >= 0.6 is 0 Å². The Morgan fingerprint density at radius 1 is 1.24 bits per heavy atom. The average Bonchev–Trinajstić information content (AvgIpc) is 2.73. The molecule has 0 saturated carbocycles. The van der Waals surface area contributed by atoms with Gasteiger partial charge in [-0.15, -0.1) is 0 Å². The van der Waals surface area contributed by atoms with Gasteiger partial charge in [0.25, 0.3) is 0 Å². The van der Waals surface area contributed by atoms with Gasteiger partial charge in [-0.1, -0.05) is 42.5 Å². The maximum absolute atomic E-state index is 11.8. The summed E-state index contributed by atoms with van der Waals surface area (Å²) >= 11 is 0. The standard InChI is InChI=1S/C14H14O3/c15-12-8-11-6-7-13(17-11)14(12)16-9-10-4-2-1-3-5-10/h1-7,11,13-14H,8-9H2/t11-,13+,14-/m1/s1. The van der Waals surface area contributed by atoms with Crippen molar-refractivity contribution < 1.29 is 14.3 Å². The Bertz CT molecular complexity index is 438. The van der Waals surface area contributed by atoms with E-state index in [0.29, 0.717) is 13.0 Å². The second-order valence-corrected chi connectivity index (χ2v) is 4.41. The smallest absolute Gasteiger partial charge is 0.167 e. The van der Waals surface area contributed by atoms with Crippen molar-refractivity contribution in [2.75, 3.05) is 0 Å². The van der Waals surface area contributed by atoms with Gasteiger partial charge in [-0.2, -0.15) is 0 Å². The van der Waals surface area contributed by atoms with E-state index >= 15 is 0 Å². The van der Waals surface area contributed by atoms with Crippen molar-refractivity contribution in [1.29, 1.82) is 0 Å².